The van der Waals surface area contributed by atoms with Crippen molar-refractivity contribution in [1.29, 1.82) is 0 Å². The number of hydrogen-bond acceptors (Lipinski definition) is 3. The van der Waals surface area contributed by atoms with Gasteiger partial charge in [0.2, 0.25) is 0 Å². The third-order valence-corrected chi connectivity index (χ3v) is 5.83. The molecule has 0 saturated heterocycles. The number of ether oxygens (including phenoxy) is 2. The molecule has 0 N–H and O–H groups in total. The summed E-state index contributed by atoms with van der Waals surface area (Å²) in [4.78, 5) is 11.7. The van der Waals surface area contributed by atoms with Gasteiger partial charge in [0.05, 0.1) is 0 Å². The molecule has 0 fully saturated rings. The van der Waals surface area contributed by atoms with Crippen molar-refractivity contribution in [3.8, 4) is 11.5 Å². The van der Waals surface area contributed by atoms with Crippen molar-refractivity contribution in [3.05, 3.63) is 34.9 Å². The number of allylic oxidation sites excluding steroid dienone is 2. The molecule has 2 atom stereocenters. The minimum atomic E-state index is -0.268. The third kappa shape index (κ3) is 3.82. The van der Waals surface area contributed by atoms with Crippen LogP contribution in [0, 0.1) is 5.92 Å². The molecule has 0 bridgehead atoms. The molecular formula is C23H32O3. The molecule has 2 aliphatic rings. The Balaban J connectivity index is 2.08. The van der Waals surface area contributed by atoms with E-state index in [-0.39, 0.29) is 17.5 Å². The van der Waals surface area contributed by atoms with Crippen LogP contribution in [0.1, 0.15) is 83.8 Å². The minimum absolute atomic E-state index is 0.218. The normalized spacial score (nSPS) is 23.3. The van der Waals surface area contributed by atoms with Gasteiger partial charge in [-0.25, -0.2) is 0 Å². The van der Waals surface area contributed by atoms with Crippen molar-refractivity contribution in [3.63, 3.8) is 0 Å². The maximum atomic E-state index is 11.7. The van der Waals surface area contributed by atoms with Crippen LogP contribution in [0.3, 0.4) is 0 Å². The summed E-state index contributed by atoms with van der Waals surface area (Å²) in [5.74, 6) is 1.97. The van der Waals surface area contributed by atoms with E-state index >= 15 is 0 Å². The van der Waals surface area contributed by atoms with Crippen LogP contribution in [0.15, 0.2) is 23.8 Å². The first kappa shape index (κ1) is 19.0. The average Bonchev–Trinajstić information content (AvgIpc) is 2.53. The molecule has 1 heterocycles. The Morgan fingerprint density at radius 1 is 1.31 bits per heavy atom. The van der Waals surface area contributed by atoms with Crippen LogP contribution in [0.25, 0.3) is 0 Å². The smallest absolute Gasteiger partial charge is 0.308 e. The Kier molecular flexibility index (Phi) is 5.45. The van der Waals surface area contributed by atoms with Crippen molar-refractivity contribution in [1.82, 2.24) is 0 Å². The Morgan fingerprint density at radius 3 is 2.77 bits per heavy atom. The van der Waals surface area contributed by atoms with Gasteiger partial charge in [-0.05, 0) is 64.2 Å². The molecule has 0 aromatic heterocycles. The van der Waals surface area contributed by atoms with Crippen molar-refractivity contribution >= 4 is 5.97 Å². The molecule has 26 heavy (non-hydrogen) atoms. The number of hydrogen-bond donors (Lipinski definition) is 0. The quantitative estimate of drug-likeness (QED) is 0.283. The standard InChI is InChI=1S/C23H32O3/c1-6-7-8-9-17-13-20(25-16(3)24)22-18-12-15(2)10-11-19(18)23(4,5)26-21(22)14-17/h12-14,18-19H,6-11H2,1-5H3. The zero-order chi connectivity index (χ0) is 18.9. The fourth-order valence-electron chi connectivity index (χ4n) is 4.52. The first-order chi connectivity index (χ1) is 12.3. The van der Waals surface area contributed by atoms with Crippen molar-refractivity contribution in [2.24, 2.45) is 5.92 Å². The lowest BCUT2D eigenvalue weighted by atomic mass is 9.68. The monoisotopic (exact) mass is 356 g/mol. The van der Waals surface area contributed by atoms with E-state index in [1.165, 1.54) is 30.9 Å². The third-order valence-electron chi connectivity index (χ3n) is 5.83. The van der Waals surface area contributed by atoms with Gasteiger partial charge in [0.25, 0.3) is 0 Å². The number of fused-ring (bicyclic) bond motifs is 3. The zero-order valence-corrected chi connectivity index (χ0v) is 16.9. The van der Waals surface area contributed by atoms with Crippen molar-refractivity contribution in [2.75, 3.05) is 0 Å². The highest BCUT2D eigenvalue weighted by Crippen LogP contribution is 2.53. The van der Waals surface area contributed by atoms with E-state index in [4.69, 9.17) is 9.47 Å². The lowest BCUT2D eigenvalue weighted by Crippen LogP contribution is -2.45. The molecule has 142 valence electrons. The Labute approximate surface area is 157 Å². The van der Waals surface area contributed by atoms with Crippen LogP contribution in [-0.4, -0.2) is 11.6 Å². The molecule has 1 aromatic carbocycles. The lowest BCUT2D eigenvalue weighted by molar-refractivity contribution is -0.132. The first-order valence-corrected chi connectivity index (χ1v) is 10.0. The van der Waals surface area contributed by atoms with Gasteiger partial charge in [0.15, 0.2) is 0 Å². The molecule has 1 aromatic rings. The maximum absolute atomic E-state index is 11.7. The van der Waals surface area contributed by atoms with Gasteiger partial charge in [0, 0.05) is 24.3 Å². The lowest BCUT2D eigenvalue weighted by Gasteiger charge is -2.46. The van der Waals surface area contributed by atoms with Crippen LogP contribution in [0.5, 0.6) is 11.5 Å². The second-order valence-electron chi connectivity index (χ2n) is 8.45. The van der Waals surface area contributed by atoms with Crippen LogP contribution < -0.4 is 9.47 Å². The number of unbranched alkanes of at least 4 members (excludes halogenated alkanes) is 2. The average molecular weight is 357 g/mol. The molecule has 0 spiro atoms. The molecule has 2 unspecified atom stereocenters. The molecule has 3 nitrogen and oxygen atoms in total. The van der Waals surface area contributed by atoms with Gasteiger partial charge in [-0.3, -0.25) is 4.79 Å². The highest BCUT2D eigenvalue weighted by molar-refractivity contribution is 5.71. The molecular weight excluding hydrogens is 324 g/mol. The Morgan fingerprint density at radius 2 is 2.08 bits per heavy atom. The van der Waals surface area contributed by atoms with Crippen LogP contribution >= 0.6 is 0 Å². The maximum Gasteiger partial charge on any atom is 0.308 e. The van der Waals surface area contributed by atoms with Gasteiger partial charge in [-0.1, -0.05) is 31.4 Å². The minimum Gasteiger partial charge on any atom is -0.487 e. The zero-order valence-electron chi connectivity index (χ0n) is 16.9. The number of benzene rings is 1. The summed E-state index contributed by atoms with van der Waals surface area (Å²) in [6.07, 6.45) is 9.11. The second kappa shape index (κ2) is 7.46. The van der Waals surface area contributed by atoms with Gasteiger partial charge < -0.3 is 9.47 Å². The van der Waals surface area contributed by atoms with Crippen molar-refractivity contribution in [2.45, 2.75) is 84.7 Å². The first-order valence-electron chi connectivity index (χ1n) is 10.0. The van der Waals surface area contributed by atoms with Gasteiger partial charge in [-0.2, -0.15) is 0 Å². The summed E-state index contributed by atoms with van der Waals surface area (Å²) in [6.45, 7) is 10.3. The Hall–Kier alpha value is -1.77. The fraction of sp³-hybridized carbons (Fsp3) is 0.609. The molecule has 1 aliphatic heterocycles. The summed E-state index contributed by atoms with van der Waals surface area (Å²) in [5, 5.41) is 0. The number of carbonyl (C=O) groups excluding carboxylic acids is 1. The van der Waals surface area contributed by atoms with E-state index < -0.39 is 0 Å². The molecule has 0 amide bonds. The van der Waals surface area contributed by atoms with Gasteiger partial charge >= 0.3 is 5.97 Å². The number of esters is 1. The second-order valence-corrected chi connectivity index (χ2v) is 8.45. The summed E-state index contributed by atoms with van der Waals surface area (Å²) in [7, 11) is 0. The van der Waals surface area contributed by atoms with E-state index in [0.717, 1.165) is 37.0 Å². The van der Waals surface area contributed by atoms with E-state index in [1.807, 2.05) is 0 Å². The highest BCUT2D eigenvalue weighted by Gasteiger charge is 2.45. The SMILES string of the molecule is CCCCCc1cc(OC(C)=O)c2c(c1)OC(C)(C)C1CCC(C)=CC21. The fourth-order valence-corrected chi connectivity index (χ4v) is 4.52. The molecule has 0 saturated carbocycles. The van der Waals surface area contributed by atoms with E-state index in [0.29, 0.717) is 11.7 Å². The van der Waals surface area contributed by atoms with E-state index in [9.17, 15) is 4.79 Å². The largest absolute Gasteiger partial charge is 0.487 e. The number of carbonyl (C=O) groups is 1. The van der Waals surface area contributed by atoms with Gasteiger partial charge in [-0.15, -0.1) is 0 Å². The topological polar surface area (TPSA) is 35.5 Å². The van der Waals surface area contributed by atoms with Gasteiger partial charge in [0.1, 0.15) is 17.1 Å². The molecule has 0 radical (unpaired) electrons. The van der Waals surface area contributed by atoms with E-state index in [2.05, 4.69) is 45.9 Å². The van der Waals surface area contributed by atoms with Crippen LogP contribution in [0.4, 0.5) is 0 Å². The summed E-state index contributed by atoms with van der Waals surface area (Å²) >= 11 is 0. The predicted molar refractivity (Wildman–Crippen MR) is 105 cm³/mol. The number of rotatable bonds is 5. The predicted octanol–water partition coefficient (Wildman–Crippen LogP) is 5.96. The molecule has 3 heteroatoms. The number of aryl methyl sites for hydroxylation is 1. The van der Waals surface area contributed by atoms with Crippen LogP contribution in [0.2, 0.25) is 0 Å². The summed E-state index contributed by atoms with van der Waals surface area (Å²) < 4.78 is 12.1. The van der Waals surface area contributed by atoms with Crippen molar-refractivity contribution < 1.29 is 14.3 Å². The van der Waals surface area contributed by atoms with Crippen LogP contribution in [-0.2, 0) is 11.2 Å². The van der Waals surface area contributed by atoms with E-state index in [1.54, 1.807) is 0 Å². The summed E-state index contributed by atoms with van der Waals surface area (Å²) in [5.41, 5.74) is 3.45. The molecule has 3 rings (SSSR count). The summed E-state index contributed by atoms with van der Waals surface area (Å²) in [6, 6.07) is 4.24. The Bertz CT molecular complexity index is 714. The molecule has 1 aliphatic carbocycles. The highest BCUT2D eigenvalue weighted by atomic mass is 16.5.